The largest absolute Gasteiger partial charge is 0.384 e. The van der Waals surface area contributed by atoms with E-state index in [2.05, 4.69) is 17.2 Å². The molecular weight excluding hydrogens is 283 g/mol. The maximum Gasteiger partial charge on any atom is 0.0885 e. The summed E-state index contributed by atoms with van der Waals surface area (Å²) in [6.45, 7) is 3.45. The molecule has 0 saturated carbocycles. The van der Waals surface area contributed by atoms with Crippen LogP contribution in [0.1, 0.15) is 19.0 Å². The average molecular weight is 299 g/mol. The molecule has 0 amide bonds. The summed E-state index contributed by atoms with van der Waals surface area (Å²) in [5.41, 5.74) is 2.61. The third-order valence-electron chi connectivity index (χ3n) is 2.74. The van der Waals surface area contributed by atoms with Crippen LogP contribution >= 0.6 is 23.2 Å². The number of pyridine rings is 1. The van der Waals surface area contributed by atoms with Crippen molar-refractivity contribution in [2.75, 3.05) is 19.0 Å². The van der Waals surface area contributed by atoms with Crippen LogP contribution in [-0.4, -0.2) is 18.6 Å². The van der Waals surface area contributed by atoms with E-state index in [4.69, 9.17) is 27.9 Å². The molecule has 19 heavy (non-hydrogen) atoms. The van der Waals surface area contributed by atoms with Gasteiger partial charge < -0.3 is 10.1 Å². The summed E-state index contributed by atoms with van der Waals surface area (Å²) < 4.78 is 5.14. The van der Waals surface area contributed by atoms with Crippen molar-refractivity contribution < 1.29 is 4.74 Å². The highest BCUT2D eigenvalue weighted by atomic mass is 35.5. The van der Waals surface area contributed by atoms with Crippen LogP contribution in [0.2, 0.25) is 10.0 Å². The third kappa shape index (κ3) is 3.30. The molecule has 0 unspecified atom stereocenters. The number of anilines is 1. The van der Waals surface area contributed by atoms with E-state index in [0.717, 1.165) is 35.2 Å². The number of hydrogen-bond acceptors (Lipinski definition) is 3. The Hall–Kier alpha value is -1.03. The number of hydrogen-bond donors (Lipinski definition) is 1. The average Bonchev–Trinajstić information content (AvgIpc) is 2.35. The summed E-state index contributed by atoms with van der Waals surface area (Å²) in [5.74, 6) is 0. The summed E-state index contributed by atoms with van der Waals surface area (Å²) >= 11 is 12.3. The second kappa shape index (κ2) is 6.42. The molecule has 3 nitrogen and oxygen atoms in total. The first-order valence-corrected chi connectivity index (χ1v) is 6.92. The van der Waals surface area contributed by atoms with Gasteiger partial charge in [-0.1, -0.05) is 30.1 Å². The van der Waals surface area contributed by atoms with Crippen molar-refractivity contribution in [3.63, 3.8) is 0 Å². The quantitative estimate of drug-likeness (QED) is 0.882. The molecule has 2 rings (SSSR count). The standard InChI is InChI=1S/C14H16Cl2N2O/c1-3-4-17-12-7-10(8-19-2)18-13-6-9(15)5-11(16)14(12)13/h5-7H,3-4,8H2,1-2H3,(H,17,18). The second-order valence-electron chi connectivity index (χ2n) is 4.30. The summed E-state index contributed by atoms with van der Waals surface area (Å²) in [6, 6.07) is 5.53. The lowest BCUT2D eigenvalue weighted by Crippen LogP contribution is -2.03. The predicted octanol–water partition coefficient (Wildman–Crippen LogP) is 4.51. The lowest BCUT2D eigenvalue weighted by Gasteiger charge is -2.12. The van der Waals surface area contributed by atoms with Crippen LogP contribution in [0.15, 0.2) is 18.2 Å². The van der Waals surface area contributed by atoms with Gasteiger partial charge in [0.2, 0.25) is 0 Å². The van der Waals surface area contributed by atoms with E-state index in [9.17, 15) is 0 Å². The number of nitrogens with zero attached hydrogens (tertiary/aromatic N) is 1. The van der Waals surface area contributed by atoms with Gasteiger partial charge in [-0.15, -0.1) is 0 Å². The van der Waals surface area contributed by atoms with E-state index in [1.54, 1.807) is 13.2 Å². The SMILES string of the molecule is CCCNc1cc(COC)nc2cc(Cl)cc(Cl)c12. The third-order valence-corrected chi connectivity index (χ3v) is 3.25. The number of benzene rings is 1. The topological polar surface area (TPSA) is 34.1 Å². The number of fused-ring (bicyclic) bond motifs is 1. The predicted molar refractivity (Wildman–Crippen MR) is 81.3 cm³/mol. The van der Waals surface area contributed by atoms with Crippen molar-refractivity contribution in [1.82, 2.24) is 4.98 Å². The van der Waals surface area contributed by atoms with E-state index < -0.39 is 0 Å². The van der Waals surface area contributed by atoms with Crippen molar-refractivity contribution in [3.05, 3.63) is 33.9 Å². The molecule has 0 saturated heterocycles. The number of ether oxygens (including phenoxy) is 1. The molecule has 2 aromatic rings. The number of methoxy groups -OCH3 is 1. The number of aromatic nitrogens is 1. The Morgan fingerprint density at radius 1 is 1.26 bits per heavy atom. The fourth-order valence-corrected chi connectivity index (χ4v) is 2.55. The summed E-state index contributed by atoms with van der Waals surface area (Å²) in [5, 5.41) is 5.47. The monoisotopic (exact) mass is 298 g/mol. The number of nitrogens with one attached hydrogen (secondary N) is 1. The molecule has 0 aliphatic rings. The Labute approximate surface area is 122 Å². The zero-order chi connectivity index (χ0) is 13.8. The zero-order valence-corrected chi connectivity index (χ0v) is 12.5. The van der Waals surface area contributed by atoms with Crippen molar-refractivity contribution >= 4 is 39.8 Å². The van der Waals surface area contributed by atoms with Crippen LogP contribution in [0.5, 0.6) is 0 Å². The van der Waals surface area contributed by atoms with Gasteiger partial charge in [0.15, 0.2) is 0 Å². The van der Waals surface area contributed by atoms with Crippen LogP contribution in [-0.2, 0) is 11.3 Å². The molecule has 0 fully saturated rings. The maximum atomic E-state index is 6.28. The van der Waals surface area contributed by atoms with E-state index >= 15 is 0 Å². The molecule has 0 spiro atoms. The fourth-order valence-electron chi connectivity index (χ4n) is 1.96. The van der Waals surface area contributed by atoms with Gasteiger partial charge in [0.05, 0.1) is 22.8 Å². The Bertz CT molecular complexity index is 587. The zero-order valence-electron chi connectivity index (χ0n) is 11.0. The highest BCUT2D eigenvalue weighted by Crippen LogP contribution is 2.33. The highest BCUT2D eigenvalue weighted by Gasteiger charge is 2.10. The van der Waals surface area contributed by atoms with Crippen LogP contribution in [0.4, 0.5) is 5.69 Å². The van der Waals surface area contributed by atoms with Gasteiger partial charge in [-0.2, -0.15) is 0 Å². The smallest absolute Gasteiger partial charge is 0.0885 e. The minimum Gasteiger partial charge on any atom is -0.384 e. The Balaban J connectivity index is 2.60. The van der Waals surface area contributed by atoms with E-state index in [0.29, 0.717) is 16.7 Å². The number of rotatable bonds is 5. The molecule has 5 heteroatoms. The molecule has 1 N–H and O–H groups in total. The Kier molecular flexibility index (Phi) is 4.86. The second-order valence-corrected chi connectivity index (χ2v) is 5.15. The van der Waals surface area contributed by atoms with Gasteiger partial charge in [0.25, 0.3) is 0 Å². The van der Waals surface area contributed by atoms with Crippen molar-refractivity contribution in [2.45, 2.75) is 20.0 Å². The van der Waals surface area contributed by atoms with Crippen LogP contribution in [0.3, 0.4) is 0 Å². The van der Waals surface area contributed by atoms with Crippen LogP contribution in [0, 0.1) is 0 Å². The molecule has 0 radical (unpaired) electrons. The van der Waals surface area contributed by atoms with Gasteiger partial charge in [0, 0.05) is 29.8 Å². The van der Waals surface area contributed by atoms with Gasteiger partial charge in [-0.25, -0.2) is 0 Å². The highest BCUT2D eigenvalue weighted by molar-refractivity contribution is 6.39. The Morgan fingerprint density at radius 2 is 2.05 bits per heavy atom. The van der Waals surface area contributed by atoms with Crippen molar-refractivity contribution in [3.8, 4) is 0 Å². The molecule has 1 aromatic heterocycles. The van der Waals surface area contributed by atoms with Crippen LogP contribution in [0.25, 0.3) is 10.9 Å². The molecule has 102 valence electrons. The number of halogens is 2. The van der Waals surface area contributed by atoms with Gasteiger partial charge >= 0.3 is 0 Å². The maximum absolute atomic E-state index is 6.28. The van der Waals surface area contributed by atoms with Crippen molar-refractivity contribution in [1.29, 1.82) is 0 Å². The lowest BCUT2D eigenvalue weighted by atomic mass is 10.1. The summed E-state index contributed by atoms with van der Waals surface area (Å²) in [4.78, 5) is 4.52. The fraction of sp³-hybridized carbons (Fsp3) is 0.357. The van der Waals surface area contributed by atoms with Gasteiger partial charge in [0.1, 0.15) is 0 Å². The first kappa shape index (κ1) is 14.4. The molecule has 0 aliphatic heterocycles. The molecule has 1 aromatic carbocycles. The molecule has 0 atom stereocenters. The molecule has 0 bridgehead atoms. The first-order valence-electron chi connectivity index (χ1n) is 6.17. The summed E-state index contributed by atoms with van der Waals surface area (Å²) in [7, 11) is 1.65. The first-order chi connectivity index (χ1) is 9.15. The van der Waals surface area contributed by atoms with Crippen molar-refractivity contribution in [2.24, 2.45) is 0 Å². The minimum absolute atomic E-state index is 0.459. The Morgan fingerprint density at radius 3 is 2.74 bits per heavy atom. The van der Waals surface area contributed by atoms with E-state index in [1.165, 1.54) is 0 Å². The van der Waals surface area contributed by atoms with Gasteiger partial charge in [-0.3, -0.25) is 4.98 Å². The molecule has 0 aliphatic carbocycles. The van der Waals surface area contributed by atoms with Crippen LogP contribution < -0.4 is 5.32 Å². The van der Waals surface area contributed by atoms with E-state index in [1.807, 2.05) is 12.1 Å². The minimum atomic E-state index is 0.459. The normalized spacial score (nSPS) is 10.9. The van der Waals surface area contributed by atoms with E-state index in [-0.39, 0.29) is 0 Å². The molecule has 1 heterocycles. The lowest BCUT2D eigenvalue weighted by molar-refractivity contribution is 0.182. The van der Waals surface area contributed by atoms with Gasteiger partial charge in [-0.05, 0) is 24.6 Å². The summed E-state index contributed by atoms with van der Waals surface area (Å²) in [6.07, 6.45) is 1.04. The molecular formula is C14H16Cl2N2O.